The van der Waals surface area contributed by atoms with Crippen molar-refractivity contribution in [2.75, 3.05) is 5.32 Å². The third-order valence-corrected chi connectivity index (χ3v) is 5.25. The van der Waals surface area contributed by atoms with Crippen LogP contribution in [0, 0.1) is 11.6 Å². The lowest BCUT2D eigenvalue weighted by molar-refractivity contribution is -0.140. The van der Waals surface area contributed by atoms with E-state index in [9.17, 15) is 36.3 Å². The van der Waals surface area contributed by atoms with E-state index in [-0.39, 0.29) is 33.8 Å². The van der Waals surface area contributed by atoms with Gasteiger partial charge in [-0.1, -0.05) is 0 Å². The summed E-state index contributed by atoms with van der Waals surface area (Å²) in [6.07, 6.45) is -4.08. The molecule has 4 rings (SSSR count). The van der Waals surface area contributed by atoms with E-state index in [1.807, 2.05) is 4.98 Å². The number of aromatic nitrogens is 4. The Morgan fingerprint density at radius 2 is 1.85 bits per heavy atom. The Morgan fingerprint density at radius 3 is 2.58 bits per heavy atom. The molecule has 3 N–H and O–H groups in total. The number of rotatable bonds is 4. The second-order valence-electron chi connectivity index (χ2n) is 6.65. The average molecular weight is 483 g/mol. The molecule has 1 aromatic carbocycles. The van der Waals surface area contributed by atoms with Crippen molar-refractivity contribution < 1.29 is 26.7 Å². The summed E-state index contributed by atoms with van der Waals surface area (Å²) in [6.45, 7) is 0. The standard InChI is InChI=1S/C19H10F5N5O3S/c20-13-8(1-2-9(14(13)21)19(22,23)24)10-6-33-18(26-10)27-11(30)5-7-3-4-25-15-12(7)16(31)29-17(32)28-15/h1-4,6H,5H2,(H,26,27,30)(H2,25,28,29,31,32). The number of hydrogen-bond donors (Lipinski definition) is 3. The van der Waals surface area contributed by atoms with E-state index in [2.05, 4.69) is 20.3 Å². The number of nitrogens with zero attached hydrogens (tertiary/aromatic N) is 2. The molecule has 0 aliphatic rings. The average Bonchev–Trinajstić information content (AvgIpc) is 3.16. The largest absolute Gasteiger partial charge is 0.419 e. The monoisotopic (exact) mass is 483 g/mol. The molecule has 33 heavy (non-hydrogen) atoms. The van der Waals surface area contributed by atoms with Crippen molar-refractivity contribution in [2.24, 2.45) is 0 Å². The highest BCUT2D eigenvalue weighted by Crippen LogP contribution is 2.36. The van der Waals surface area contributed by atoms with Gasteiger partial charge in [0.15, 0.2) is 16.8 Å². The van der Waals surface area contributed by atoms with Crippen molar-refractivity contribution in [3.8, 4) is 11.3 Å². The van der Waals surface area contributed by atoms with Crippen LogP contribution in [0.2, 0.25) is 0 Å². The molecule has 0 unspecified atom stereocenters. The Kier molecular flexibility index (Phi) is 5.53. The number of benzene rings is 1. The minimum absolute atomic E-state index is 0.00868. The lowest BCUT2D eigenvalue weighted by Crippen LogP contribution is -2.24. The normalized spacial score (nSPS) is 11.7. The third-order valence-electron chi connectivity index (χ3n) is 4.49. The predicted molar refractivity (Wildman–Crippen MR) is 108 cm³/mol. The number of H-pyrrole nitrogens is 2. The van der Waals surface area contributed by atoms with Crippen molar-refractivity contribution >= 4 is 33.4 Å². The van der Waals surface area contributed by atoms with Gasteiger partial charge in [0.05, 0.1) is 23.1 Å². The highest BCUT2D eigenvalue weighted by Gasteiger charge is 2.36. The third kappa shape index (κ3) is 4.37. The number of aromatic amines is 2. The first-order valence-electron chi connectivity index (χ1n) is 8.95. The molecule has 0 spiro atoms. The van der Waals surface area contributed by atoms with Crippen LogP contribution in [-0.2, 0) is 17.4 Å². The molecular formula is C19H10F5N5O3S. The lowest BCUT2D eigenvalue weighted by atomic mass is 10.1. The molecule has 8 nitrogen and oxygen atoms in total. The van der Waals surface area contributed by atoms with Crippen LogP contribution in [0.5, 0.6) is 0 Å². The number of thiazole rings is 1. The van der Waals surface area contributed by atoms with Gasteiger partial charge in [0, 0.05) is 17.1 Å². The number of nitrogens with one attached hydrogen (secondary N) is 3. The Hall–Kier alpha value is -3.94. The Labute approximate surface area is 183 Å². The maximum Gasteiger partial charge on any atom is 0.419 e. The molecule has 0 radical (unpaired) electrons. The van der Waals surface area contributed by atoms with Gasteiger partial charge in [-0.3, -0.25) is 19.6 Å². The van der Waals surface area contributed by atoms with Gasteiger partial charge in [0.2, 0.25) is 5.91 Å². The summed E-state index contributed by atoms with van der Waals surface area (Å²) in [4.78, 5) is 48.0. The summed E-state index contributed by atoms with van der Waals surface area (Å²) in [7, 11) is 0. The molecule has 170 valence electrons. The van der Waals surface area contributed by atoms with Gasteiger partial charge in [-0.25, -0.2) is 23.5 Å². The molecule has 0 saturated carbocycles. The Bertz CT molecular complexity index is 1510. The molecule has 0 saturated heterocycles. The molecule has 3 heterocycles. The smallest absolute Gasteiger partial charge is 0.302 e. The molecule has 0 aliphatic carbocycles. The van der Waals surface area contributed by atoms with Crippen molar-refractivity contribution in [1.82, 2.24) is 19.9 Å². The van der Waals surface area contributed by atoms with E-state index < -0.39 is 46.1 Å². The zero-order valence-electron chi connectivity index (χ0n) is 16.0. The molecule has 14 heteroatoms. The fourth-order valence-corrected chi connectivity index (χ4v) is 3.79. The van der Waals surface area contributed by atoms with Crippen LogP contribution in [0.25, 0.3) is 22.3 Å². The quantitative estimate of drug-likeness (QED) is 0.385. The molecule has 0 atom stereocenters. The summed E-state index contributed by atoms with van der Waals surface area (Å²) in [5.74, 6) is -4.40. The van der Waals surface area contributed by atoms with Crippen molar-refractivity contribution in [2.45, 2.75) is 12.6 Å². The second kappa shape index (κ2) is 8.20. The van der Waals surface area contributed by atoms with Crippen molar-refractivity contribution in [3.05, 3.63) is 73.4 Å². The SMILES string of the molecule is O=C(Cc1ccnc2[nH]c(=O)[nH]c(=O)c12)Nc1nc(-c2ccc(C(F)(F)F)c(F)c2F)cs1. The number of pyridine rings is 1. The lowest BCUT2D eigenvalue weighted by Gasteiger charge is -2.10. The maximum atomic E-state index is 14.2. The van der Waals surface area contributed by atoms with Crippen LogP contribution < -0.4 is 16.6 Å². The number of fused-ring (bicyclic) bond motifs is 1. The number of alkyl halides is 3. The molecule has 3 aromatic heterocycles. The second-order valence-corrected chi connectivity index (χ2v) is 7.51. The van der Waals surface area contributed by atoms with Crippen LogP contribution in [0.1, 0.15) is 11.1 Å². The van der Waals surface area contributed by atoms with Crippen LogP contribution in [0.4, 0.5) is 27.1 Å². The highest BCUT2D eigenvalue weighted by atomic mass is 32.1. The number of carbonyl (C=O) groups excluding carboxylic acids is 1. The van der Waals surface area contributed by atoms with Crippen molar-refractivity contribution in [3.63, 3.8) is 0 Å². The summed E-state index contributed by atoms with van der Waals surface area (Å²) < 4.78 is 66.2. The molecular weight excluding hydrogens is 473 g/mol. The van der Waals surface area contributed by atoms with Gasteiger partial charge < -0.3 is 5.32 Å². The van der Waals surface area contributed by atoms with E-state index >= 15 is 0 Å². The fraction of sp³-hybridized carbons (Fsp3) is 0.105. The zero-order valence-corrected chi connectivity index (χ0v) is 16.8. The van der Waals surface area contributed by atoms with Crippen LogP contribution in [-0.4, -0.2) is 25.8 Å². The first-order chi connectivity index (χ1) is 15.5. The minimum Gasteiger partial charge on any atom is -0.302 e. The first kappa shape index (κ1) is 22.3. The topological polar surface area (TPSA) is 121 Å². The predicted octanol–water partition coefficient (Wildman–Crippen LogP) is 3.21. The summed E-state index contributed by atoms with van der Waals surface area (Å²) in [6, 6.07) is 2.56. The number of hydrogen-bond acceptors (Lipinski definition) is 6. The molecule has 0 fully saturated rings. The van der Waals surface area contributed by atoms with E-state index in [0.717, 1.165) is 17.4 Å². The number of halogens is 5. The van der Waals surface area contributed by atoms with Crippen LogP contribution in [0.3, 0.4) is 0 Å². The summed E-state index contributed by atoms with van der Waals surface area (Å²) in [5, 5.41) is 3.62. The number of carbonyl (C=O) groups is 1. The first-order valence-corrected chi connectivity index (χ1v) is 9.83. The molecule has 0 bridgehead atoms. The minimum atomic E-state index is -5.06. The van der Waals surface area contributed by atoms with Crippen LogP contribution in [0.15, 0.2) is 39.4 Å². The van der Waals surface area contributed by atoms with Crippen LogP contribution >= 0.6 is 11.3 Å². The Balaban J connectivity index is 1.56. The highest BCUT2D eigenvalue weighted by molar-refractivity contribution is 7.14. The molecule has 1 amide bonds. The molecule has 0 aliphatic heterocycles. The maximum absolute atomic E-state index is 14.2. The van der Waals surface area contributed by atoms with E-state index in [0.29, 0.717) is 6.07 Å². The van der Waals surface area contributed by atoms with Gasteiger partial charge in [-0.15, -0.1) is 11.3 Å². The van der Waals surface area contributed by atoms with E-state index in [4.69, 9.17) is 0 Å². The number of anilines is 1. The summed E-state index contributed by atoms with van der Waals surface area (Å²) >= 11 is 0.834. The van der Waals surface area contributed by atoms with E-state index in [1.165, 1.54) is 17.6 Å². The zero-order chi connectivity index (χ0) is 23.9. The number of amides is 1. The van der Waals surface area contributed by atoms with Crippen molar-refractivity contribution in [1.29, 1.82) is 0 Å². The Morgan fingerprint density at radius 1 is 1.09 bits per heavy atom. The van der Waals surface area contributed by atoms with Gasteiger partial charge in [-0.05, 0) is 23.8 Å². The molecule has 4 aromatic rings. The van der Waals surface area contributed by atoms with Gasteiger partial charge in [0.25, 0.3) is 5.56 Å². The van der Waals surface area contributed by atoms with Gasteiger partial charge in [0.1, 0.15) is 5.65 Å². The van der Waals surface area contributed by atoms with Gasteiger partial charge >= 0.3 is 11.9 Å². The fourth-order valence-electron chi connectivity index (χ4n) is 3.06. The summed E-state index contributed by atoms with van der Waals surface area (Å²) in [5.41, 5.74) is -3.68. The van der Waals surface area contributed by atoms with Gasteiger partial charge in [-0.2, -0.15) is 13.2 Å². The van der Waals surface area contributed by atoms with E-state index in [1.54, 1.807) is 0 Å².